The van der Waals surface area contributed by atoms with E-state index in [1.807, 2.05) is 0 Å². The molecule has 0 saturated heterocycles. The van der Waals surface area contributed by atoms with Crippen LogP contribution in [0.15, 0.2) is 18.2 Å². The van der Waals surface area contributed by atoms with Gasteiger partial charge in [0.25, 0.3) is 5.69 Å². The predicted octanol–water partition coefficient (Wildman–Crippen LogP) is 0.852. The first-order valence-corrected chi connectivity index (χ1v) is 3.78. The van der Waals surface area contributed by atoms with E-state index in [4.69, 9.17) is 10.2 Å². The standard InChI is InChI=1S/C8H6FNO5/c9-4-1-2-6(10(14)15)5(3-4)7(11)8(12)13/h1-3,7,11H,(H,12,13)/t7-/m1/s1. The van der Waals surface area contributed by atoms with Crippen molar-refractivity contribution in [3.63, 3.8) is 0 Å². The Morgan fingerprint density at radius 3 is 2.60 bits per heavy atom. The maximum absolute atomic E-state index is 12.7. The summed E-state index contributed by atoms with van der Waals surface area (Å²) in [6.07, 6.45) is -2.11. The molecule has 0 aliphatic heterocycles. The molecule has 0 heterocycles. The minimum atomic E-state index is -2.11. The van der Waals surface area contributed by atoms with Crippen LogP contribution in [0.1, 0.15) is 11.7 Å². The van der Waals surface area contributed by atoms with E-state index in [1.165, 1.54) is 0 Å². The number of nitrogens with zero attached hydrogens (tertiary/aromatic N) is 1. The molecule has 0 bridgehead atoms. The van der Waals surface area contributed by atoms with Gasteiger partial charge in [-0.25, -0.2) is 9.18 Å². The topological polar surface area (TPSA) is 101 Å². The molecule has 15 heavy (non-hydrogen) atoms. The van der Waals surface area contributed by atoms with Crippen molar-refractivity contribution in [2.24, 2.45) is 0 Å². The van der Waals surface area contributed by atoms with Gasteiger partial charge >= 0.3 is 5.97 Å². The van der Waals surface area contributed by atoms with Crippen LogP contribution in [-0.2, 0) is 4.79 Å². The maximum Gasteiger partial charge on any atom is 0.337 e. The van der Waals surface area contributed by atoms with Crippen LogP contribution < -0.4 is 0 Å². The number of rotatable bonds is 3. The summed E-state index contributed by atoms with van der Waals surface area (Å²) in [4.78, 5) is 19.9. The highest BCUT2D eigenvalue weighted by Crippen LogP contribution is 2.25. The summed E-state index contributed by atoms with van der Waals surface area (Å²) in [7, 11) is 0. The highest BCUT2D eigenvalue weighted by atomic mass is 19.1. The highest BCUT2D eigenvalue weighted by molar-refractivity contribution is 5.75. The number of nitro groups is 1. The predicted molar refractivity (Wildman–Crippen MR) is 45.7 cm³/mol. The van der Waals surface area contributed by atoms with Gasteiger partial charge in [-0.15, -0.1) is 0 Å². The molecule has 0 saturated carbocycles. The van der Waals surface area contributed by atoms with Gasteiger partial charge in [0.05, 0.1) is 10.5 Å². The largest absolute Gasteiger partial charge is 0.479 e. The third kappa shape index (κ3) is 2.26. The first-order valence-electron chi connectivity index (χ1n) is 3.78. The Hall–Kier alpha value is -2.02. The van der Waals surface area contributed by atoms with E-state index in [0.29, 0.717) is 6.07 Å². The van der Waals surface area contributed by atoms with E-state index in [0.717, 1.165) is 12.1 Å². The quantitative estimate of drug-likeness (QED) is 0.575. The zero-order valence-corrected chi connectivity index (χ0v) is 7.25. The zero-order chi connectivity index (χ0) is 11.6. The third-order valence-electron chi connectivity index (χ3n) is 1.71. The molecule has 0 aromatic heterocycles. The van der Waals surface area contributed by atoms with Crippen molar-refractivity contribution in [3.8, 4) is 0 Å². The number of aliphatic carboxylic acids is 1. The third-order valence-corrected chi connectivity index (χ3v) is 1.71. The normalized spacial score (nSPS) is 12.1. The number of carbonyl (C=O) groups is 1. The summed E-state index contributed by atoms with van der Waals surface area (Å²) in [5.41, 5.74) is -1.21. The molecular weight excluding hydrogens is 209 g/mol. The Kier molecular flexibility index (Phi) is 2.96. The SMILES string of the molecule is O=C(O)[C@H](O)c1cc(F)ccc1[N+](=O)[O-]. The molecule has 2 N–H and O–H groups in total. The molecule has 1 aromatic carbocycles. The van der Waals surface area contributed by atoms with Crippen molar-refractivity contribution in [1.29, 1.82) is 0 Å². The average molecular weight is 215 g/mol. The monoisotopic (exact) mass is 215 g/mol. The number of carboxylic acids is 1. The van der Waals surface area contributed by atoms with E-state index in [2.05, 4.69) is 0 Å². The summed E-state index contributed by atoms with van der Waals surface area (Å²) in [6.45, 7) is 0. The molecule has 0 fully saturated rings. The van der Waals surface area contributed by atoms with Crippen LogP contribution in [0, 0.1) is 15.9 Å². The van der Waals surface area contributed by atoms with Crippen molar-refractivity contribution in [2.45, 2.75) is 6.10 Å². The molecule has 0 aliphatic carbocycles. The molecule has 1 atom stereocenters. The average Bonchev–Trinajstić information content (AvgIpc) is 2.15. The Morgan fingerprint density at radius 2 is 2.13 bits per heavy atom. The lowest BCUT2D eigenvalue weighted by Gasteiger charge is -2.06. The number of halogens is 1. The van der Waals surface area contributed by atoms with Gasteiger partial charge in [-0.3, -0.25) is 10.1 Å². The summed E-state index contributed by atoms with van der Waals surface area (Å²) in [5.74, 6) is -2.53. The molecule has 0 spiro atoms. The van der Waals surface area contributed by atoms with E-state index in [1.54, 1.807) is 0 Å². The highest BCUT2D eigenvalue weighted by Gasteiger charge is 2.26. The second kappa shape index (κ2) is 4.01. The molecule has 80 valence electrons. The molecule has 0 radical (unpaired) electrons. The fourth-order valence-electron chi connectivity index (χ4n) is 1.04. The maximum atomic E-state index is 12.7. The second-order valence-corrected chi connectivity index (χ2v) is 2.70. The number of aliphatic hydroxyl groups is 1. The van der Waals surface area contributed by atoms with E-state index in [-0.39, 0.29) is 0 Å². The number of carboxylic acid groups (broad SMARTS) is 1. The number of nitro benzene ring substituents is 1. The molecular formula is C8H6FNO5. The van der Waals surface area contributed by atoms with Gasteiger partial charge in [0.15, 0.2) is 6.10 Å². The lowest BCUT2D eigenvalue weighted by atomic mass is 10.1. The van der Waals surface area contributed by atoms with E-state index < -0.39 is 34.1 Å². The van der Waals surface area contributed by atoms with E-state index in [9.17, 15) is 19.3 Å². The number of aliphatic hydroxyl groups excluding tert-OH is 1. The number of hydrogen-bond donors (Lipinski definition) is 2. The zero-order valence-electron chi connectivity index (χ0n) is 7.25. The van der Waals surface area contributed by atoms with Gasteiger partial charge in [-0.1, -0.05) is 0 Å². The van der Waals surface area contributed by atoms with Crippen LogP contribution in [0.2, 0.25) is 0 Å². The van der Waals surface area contributed by atoms with Crippen molar-refractivity contribution in [2.75, 3.05) is 0 Å². The van der Waals surface area contributed by atoms with Crippen LogP contribution in [-0.4, -0.2) is 21.1 Å². The van der Waals surface area contributed by atoms with E-state index >= 15 is 0 Å². The Balaban J connectivity index is 3.30. The minimum Gasteiger partial charge on any atom is -0.479 e. The van der Waals surface area contributed by atoms with Gasteiger partial charge in [-0.05, 0) is 12.1 Å². The van der Waals surface area contributed by atoms with Crippen LogP contribution in [0.3, 0.4) is 0 Å². The second-order valence-electron chi connectivity index (χ2n) is 2.70. The lowest BCUT2D eigenvalue weighted by Crippen LogP contribution is -2.12. The molecule has 0 unspecified atom stereocenters. The van der Waals surface area contributed by atoms with Crippen molar-refractivity contribution in [1.82, 2.24) is 0 Å². The summed E-state index contributed by atoms with van der Waals surface area (Å²) in [6, 6.07) is 2.24. The summed E-state index contributed by atoms with van der Waals surface area (Å²) < 4.78 is 12.7. The van der Waals surface area contributed by atoms with Gasteiger partial charge < -0.3 is 10.2 Å². The fraction of sp³-hybridized carbons (Fsp3) is 0.125. The van der Waals surface area contributed by atoms with Gasteiger partial charge in [0, 0.05) is 6.07 Å². The molecule has 7 heteroatoms. The van der Waals surface area contributed by atoms with Crippen LogP contribution in [0.25, 0.3) is 0 Å². The van der Waals surface area contributed by atoms with Crippen LogP contribution in [0.4, 0.5) is 10.1 Å². The first-order chi connectivity index (χ1) is 6.93. The molecule has 1 rings (SSSR count). The Morgan fingerprint density at radius 1 is 1.53 bits per heavy atom. The summed E-state index contributed by atoms with van der Waals surface area (Å²) >= 11 is 0. The lowest BCUT2D eigenvalue weighted by molar-refractivity contribution is -0.386. The molecule has 1 aromatic rings. The molecule has 6 nitrogen and oxygen atoms in total. The summed E-state index contributed by atoms with van der Waals surface area (Å²) in [5, 5.41) is 28.0. The minimum absolute atomic E-state index is 0.576. The first kappa shape index (κ1) is 11.1. The molecule has 0 aliphatic rings. The smallest absolute Gasteiger partial charge is 0.337 e. The van der Waals surface area contributed by atoms with Gasteiger partial charge in [0.2, 0.25) is 0 Å². The van der Waals surface area contributed by atoms with Crippen LogP contribution in [0.5, 0.6) is 0 Å². The van der Waals surface area contributed by atoms with Crippen LogP contribution >= 0.6 is 0 Å². The number of benzene rings is 1. The van der Waals surface area contributed by atoms with Crippen molar-refractivity contribution < 1.29 is 24.3 Å². The van der Waals surface area contributed by atoms with Crippen molar-refractivity contribution in [3.05, 3.63) is 39.7 Å². The Labute approximate surface area is 82.7 Å². The van der Waals surface area contributed by atoms with Crippen molar-refractivity contribution >= 4 is 11.7 Å². The Bertz CT molecular complexity index is 419. The van der Waals surface area contributed by atoms with Gasteiger partial charge in [-0.2, -0.15) is 0 Å². The fourth-order valence-corrected chi connectivity index (χ4v) is 1.04. The molecule has 0 amide bonds. The number of hydrogen-bond acceptors (Lipinski definition) is 4. The van der Waals surface area contributed by atoms with Gasteiger partial charge in [0.1, 0.15) is 5.82 Å².